The van der Waals surface area contributed by atoms with E-state index in [9.17, 15) is 0 Å². The second-order valence-corrected chi connectivity index (χ2v) is 7.51. The third-order valence-electron chi connectivity index (χ3n) is 4.76. The van der Waals surface area contributed by atoms with E-state index in [0.29, 0.717) is 0 Å². The summed E-state index contributed by atoms with van der Waals surface area (Å²) in [5.74, 6) is 0. The van der Waals surface area contributed by atoms with Crippen LogP contribution in [0.15, 0.2) is 113 Å². The number of benzene rings is 4. The first-order chi connectivity index (χ1) is 13.4. The molecule has 5 rings (SSSR count). The smallest absolute Gasteiger partial charge is 0.0798 e. The first kappa shape index (κ1) is 16.1. The Labute approximate surface area is 162 Å². The van der Waals surface area contributed by atoms with Gasteiger partial charge in [-0.15, -0.1) is 0 Å². The second-order valence-electron chi connectivity index (χ2n) is 6.43. The minimum Gasteiger partial charge on any atom is -0.256 e. The Hall–Kier alpha value is -3.10. The van der Waals surface area contributed by atoms with E-state index in [1.54, 1.807) is 0 Å². The molecular formula is C25H17NS. The largest absolute Gasteiger partial charge is 0.256 e. The topological polar surface area (TPSA) is 12.9 Å². The molecule has 0 aliphatic carbocycles. The number of aromatic nitrogens is 1. The molecule has 0 saturated carbocycles. The number of rotatable bonds is 3. The molecule has 0 fully saturated rings. The molecule has 0 aliphatic rings. The molecule has 0 amide bonds. The Morgan fingerprint density at radius 2 is 1.19 bits per heavy atom. The maximum atomic E-state index is 4.80. The van der Waals surface area contributed by atoms with E-state index in [1.807, 2.05) is 24.0 Å². The van der Waals surface area contributed by atoms with Gasteiger partial charge in [0.05, 0.1) is 5.52 Å². The third-order valence-corrected chi connectivity index (χ3v) is 5.91. The molecule has 0 radical (unpaired) electrons. The van der Waals surface area contributed by atoms with Crippen molar-refractivity contribution in [3.8, 4) is 11.1 Å². The molecule has 1 heterocycles. The number of hydrogen-bond acceptors (Lipinski definition) is 2. The standard InChI is InChI=1S/C25H17NS/c1-3-10-18(11-4-1)23-20-14-7-8-15-21(20)25(22-16-9-17-26-24(22)23)27-19-12-5-2-6-13-19/h1-17H. The first-order valence-corrected chi connectivity index (χ1v) is 9.81. The lowest BCUT2D eigenvalue weighted by Crippen LogP contribution is -1.91. The van der Waals surface area contributed by atoms with Crippen LogP contribution in [0.2, 0.25) is 0 Å². The van der Waals surface area contributed by atoms with Gasteiger partial charge in [0.15, 0.2) is 0 Å². The van der Waals surface area contributed by atoms with E-state index in [1.165, 1.54) is 37.1 Å². The van der Waals surface area contributed by atoms with Crippen LogP contribution in [0.3, 0.4) is 0 Å². The summed E-state index contributed by atoms with van der Waals surface area (Å²) in [6.07, 6.45) is 1.89. The molecule has 0 spiro atoms. The molecule has 0 bridgehead atoms. The quantitative estimate of drug-likeness (QED) is 0.314. The fraction of sp³-hybridized carbons (Fsp3) is 0. The van der Waals surface area contributed by atoms with Crippen LogP contribution in [0.5, 0.6) is 0 Å². The van der Waals surface area contributed by atoms with Crippen molar-refractivity contribution in [2.45, 2.75) is 9.79 Å². The Morgan fingerprint density at radius 1 is 0.556 bits per heavy atom. The van der Waals surface area contributed by atoms with Crippen molar-refractivity contribution in [3.63, 3.8) is 0 Å². The van der Waals surface area contributed by atoms with E-state index in [0.717, 1.165) is 5.52 Å². The molecule has 0 atom stereocenters. The molecule has 4 aromatic carbocycles. The number of nitrogens with zero attached hydrogens (tertiary/aromatic N) is 1. The van der Waals surface area contributed by atoms with Crippen LogP contribution in [-0.4, -0.2) is 4.98 Å². The molecule has 0 aliphatic heterocycles. The van der Waals surface area contributed by atoms with E-state index in [4.69, 9.17) is 4.98 Å². The van der Waals surface area contributed by atoms with Gasteiger partial charge >= 0.3 is 0 Å². The minimum atomic E-state index is 1.06. The summed E-state index contributed by atoms with van der Waals surface area (Å²) in [6, 6.07) is 34.0. The van der Waals surface area contributed by atoms with Crippen LogP contribution in [0, 0.1) is 0 Å². The highest BCUT2D eigenvalue weighted by molar-refractivity contribution is 7.99. The van der Waals surface area contributed by atoms with Gasteiger partial charge in [-0.05, 0) is 34.5 Å². The van der Waals surface area contributed by atoms with E-state index in [-0.39, 0.29) is 0 Å². The van der Waals surface area contributed by atoms with Crippen molar-refractivity contribution >= 4 is 33.4 Å². The van der Waals surface area contributed by atoms with Crippen molar-refractivity contribution in [1.82, 2.24) is 4.98 Å². The monoisotopic (exact) mass is 363 g/mol. The lowest BCUT2D eigenvalue weighted by atomic mass is 9.95. The molecule has 128 valence electrons. The lowest BCUT2D eigenvalue weighted by molar-refractivity contribution is 1.39. The highest BCUT2D eigenvalue weighted by Crippen LogP contribution is 2.44. The summed E-state index contributed by atoms with van der Waals surface area (Å²) in [5.41, 5.74) is 3.47. The predicted molar refractivity (Wildman–Crippen MR) is 115 cm³/mol. The fourth-order valence-corrected chi connectivity index (χ4v) is 4.66. The van der Waals surface area contributed by atoms with Crippen molar-refractivity contribution < 1.29 is 0 Å². The van der Waals surface area contributed by atoms with Gasteiger partial charge in [0.1, 0.15) is 0 Å². The lowest BCUT2D eigenvalue weighted by Gasteiger charge is -2.16. The van der Waals surface area contributed by atoms with Crippen LogP contribution < -0.4 is 0 Å². The van der Waals surface area contributed by atoms with E-state index >= 15 is 0 Å². The summed E-state index contributed by atoms with van der Waals surface area (Å²) in [7, 11) is 0. The summed E-state index contributed by atoms with van der Waals surface area (Å²) in [6.45, 7) is 0. The van der Waals surface area contributed by atoms with Crippen LogP contribution in [0.4, 0.5) is 0 Å². The fourth-order valence-electron chi connectivity index (χ4n) is 3.57. The molecule has 1 nitrogen and oxygen atoms in total. The highest BCUT2D eigenvalue weighted by Gasteiger charge is 2.16. The zero-order valence-electron chi connectivity index (χ0n) is 14.7. The first-order valence-electron chi connectivity index (χ1n) is 8.99. The van der Waals surface area contributed by atoms with E-state index in [2.05, 4.69) is 91.0 Å². The molecule has 0 unspecified atom stereocenters. The average molecular weight is 363 g/mol. The minimum absolute atomic E-state index is 1.06. The normalized spacial score (nSPS) is 11.1. The van der Waals surface area contributed by atoms with Gasteiger partial charge in [-0.2, -0.15) is 0 Å². The number of hydrogen-bond donors (Lipinski definition) is 0. The molecule has 0 N–H and O–H groups in total. The van der Waals surface area contributed by atoms with Gasteiger partial charge < -0.3 is 0 Å². The molecular weight excluding hydrogens is 346 g/mol. The maximum absolute atomic E-state index is 4.80. The summed E-state index contributed by atoms with van der Waals surface area (Å²) >= 11 is 1.81. The van der Waals surface area contributed by atoms with Gasteiger partial charge in [0.2, 0.25) is 0 Å². The Morgan fingerprint density at radius 3 is 1.96 bits per heavy atom. The van der Waals surface area contributed by atoms with Crippen molar-refractivity contribution in [2.75, 3.05) is 0 Å². The molecule has 1 aromatic heterocycles. The van der Waals surface area contributed by atoms with Gasteiger partial charge in [0.25, 0.3) is 0 Å². The van der Waals surface area contributed by atoms with Crippen LogP contribution in [-0.2, 0) is 0 Å². The van der Waals surface area contributed by atoms with Crippen molar-refractivity contribution in [3.05, 3.63) is 103 Å². The zero-order chi connectivity index (χ0) is 18.1. The van der Waals surface area contributed by atoms with Crippen molar-refractivity contribution in [1.29, 1.82) is 0 Å². The number of fused-ring (bicyclic) bond motifs is 2. The molecule has 5 aromatic rings. The molecule has 27 heavy (non-hydrogen) atoms. The van der Waals surface area contributed by atoms with Crippen LogP contribution >= 0.6 is 11.8 Å². The van der Waals surface area contributed by atoms with Gasteiger partial charge in [-0.25, -0.2) is 0 Å². The predicted octanol–water partition coefficient (Wildman–Crippen LogP) is 7.21. The zero-order valence-corrected chi connectivity index (χ0v) is 15.5. The molecule has 0 saturated heterocycles. The van der Waals surface area contributed by atoms with Crippen LogP contribution in [0.1, 0.15) is 0 Å². The van der Waals surface area contributed by atoms with Crippen molar-refractivity contribution in [2.24, 2.45) is 0 Å². The Bertz CT molecular complexity index is 1170. The van der Waals surface area contributed by atoms with Gasteiger partial charge in [-0.1, -0.05) is 90.6 Å². The average Bonchev–Trinajstić information content (AvgIpc) is 2.75. The van der Waals surface area contributed by atoms with Crippen LogP contribution in [0.25, 0.3) is 32.8 Å². The maximum Gasteiger partial charge on any atom is 0.0798 e. The summed E-state index contributed by atoms with van der Waals surface area (Å²) in [4.78, 5) is 7.30. The molecule has 2 heteroatoms. The highest BCUT2D eigenvalue weighted by atomic mass is 32.2. The van der Waals surface area contributed by atoms with Gasteiger partial charge in [0, 0.05) is 26.9 Å². The van der Waals surface area contributed by atoms with Gasteiger partial charge in [-0.3, -0.25) is 4.98 Å². The summed E-state index contributed by atoms with van der Waals surface area (Å²) in [5, 5.41) is 3.71. The number of pyridine rings is 1. The Balaban J connectivity index is 1.89. The summed E-state index contributed by atoms with van der Waals surface area (Å²) < 4.78 is 0. The Kier molecular flexibility index (Phi) is 4.11. The second kappa shape index (κ2) is 6.90. The SMILES string of the molecule is c1ccc(Sc2c3ccccc3c(-c3ccccc3)c3ncccc23)cc1. The third kappa shape index (κ3) is 2.88. The van der Waals surface area contributed by atoms with E-state index < -0.39 is 0 Å².